The fourth-order valence-electron chi connectivity index (χ4n) is 2.52. The summed E-state index contributed by atoms with van der Waals surface area (Å²) in [5, 5.41) is 3.72. The summed E-state index contributed by atoms with van der Waals surface area (Å²) in [5.41, 5.74) is 5.05. The molecule has 1 amide bonds. The van der Waals surface area contributed by atoms with Crippen molar-refractivity contribution in [2.45, 2.75) is 41.9 Å². The Morgan fingerprint density at radius 2 is 2.33 bits per heavy atom. The highest BCUT2D eigenvalue weighted by atomic mass is 32.2. The number of primary amides is 1. The first kappa shape index (κ1) is 13.4. The van der Waals surface area contributed by atoms with Crippen LogP contribution in [0.5, 0.6) is 0 Å². The Balaban J connectivity index is 2.01. The van der Waals surface area contributed by atoms with E-state index in [-0.39, 0.29) is 5.91 Å². The molecule has 1 saturated carbocycles. The molecule has 1 aliphatic carbocycles. The van der Waals surface area contributed by atoms with Crippen LogP contribution < -0.4 is 11.1 Å². The molecule has 1 aliphatic rings. The summed E-state index contributed by atoms with van der Waals surface area (Å²) in [5.74, 6) is -0.220. The molecule has 4 nitrogen and oxygen atoms in total. The topological polar surface area (TPSA) is 68.0 Å². The predicted octanol–water partition coefficient (Wildman–Crippen LogP) is 1.56. The number of nitrogens with zero attached hydrogens (tertiary/aromatic N) is 1. The molecule has 98 valence electrons. The first-order chi connectivity index (χ1) is 8.66. The highest BCUT2D eigenvalue weighted by Gasteiger charge is 2.43. The van der Waals surface area contributed by atoms with Gasteiger partial charge in [0.25, 0.3) is 0 Å². The van der Waals surface area contributed by atoms with Gasteiger partial charge < -0.3 is 11.1 Å². The molecule has 2 unspecified atom stereocenters. The second kappa shape index (κ2) is 5.71. The molecular weight excluding hydrogens is 246 g/mol. The van der Waals surface area contributed by atoms with Crippen molar-refractivity contribution < 1.29 is 4.79 Å². The number of aromatic nitrogens is 1. The molecule has 2 atom stereocenters. The zero-order chi connectivity index (χ0) is 13.0. The van der Waals surface area contributed by atoms with Crippen LogP contribution in [0.1, 0.15) is 26.2 Å². The highest BCUT2D eigenvalue weighted by molar-refractivity contribution is 8.00. The Labute approximate surface area is 112 Å². The van der Waals surface area contributed by atoms with E-state index in [0.717, 1.165) is 25.8 Å². The first-order valence-corrected chi connectivity index (χ1v) is 7.16. The minimum absolute atomic E-state index is 0.220. The predicted molar refractivity (Wildman–Crippen MR) is 73.3 cm³/mol. The van der Waals surface area contributed by atoms with Crippen LogP contribution in [0.3, 0.4) is 0 Å². The molecule has 0 spiro atoms. The maximum Gasteiger partial charge on any atom is 0.237 e. The third-order valence-electron chi connectivity index (χ3n) is 3.41. The van der Waals surface area contributed by atoms with Gasteiger partial charge in [-0.05, 0) is 37.9 Å². The summed E-state index contributed by atoms with van der Waals surface area (Å²) in [4.78, 5) is 16.9. The number of rotatable bonds is 5. The number of likely N-dealkylation sites (N-methyl/N-ethyl adjacent to an activating group) is 1. The summed E-state index contributed by atoms with van der Waals surface area (Å²) in [6.45, 7) is 2.78. The lowest BCUT2D eigenvalue weighted by Crippen LogP contribution is -2.53. The molecule has 5 heteroatoms. The molecule has 1 aromatic heterocycles. The number of carbonyl (C=O) groups excluding carboxylic acids is 1. The van der Waals surface area contributed by atoms with Crippen molar-refractivity contribution in [3.05, 3.63) is 24.5 Å². The molecule has 18 heavy (non-hydrogen) atoms. The van der Waals surface area contributed by atoms with Gasteiger partial charge in [-0.3, -0.25) is 9.78 Å². The van der Waals surface area contributed by atoms with Crippen LogP contribution in [0.4, 0.5) is 0 Å². The van der Waals surface area contributed by atoms with Crippen LogP contribution in [0, 0.1) is 0 Å². The van der Waals surface area contributed by atoms with Crippen LogP contribution in [-0.2, 0) is 4.79 Å². The molecule has 1 heterocycles. The van der Waals surface area contributed by atoms with Crippen molar-refractivity contribution in [1.29, 1.82) is 0 Å². The molecule has 0 bridgehead atoms. The van der Waals surface area contributed by atoms with E-state index in [1.807, 2.05) is 30.8 Å². The molecule has 1 fully saturated rings. The zero-order valence-corrected chi connectivity index (χ0v) is 11.4. The van der Waals surface area contributed by atoms with Crippen molar-refractivity contribution >= 4 is 17.7 Å². The van der Waals surface area contributed by atoms with E-state index in [2.05, 4.69) is 10.3 Å². The molecule has 0 aromatic carbocycles. The Morgan fingerprint density at radius 3 is 2.94 bits per heavy atom. The number of thioether (sulfide) groups is 1. The molecule has 0 radical (unpaired) electrons. The fourth-order valence-corrected chi connectivity index (χ4v) is 3.79. The number of hydrogen-bond acceptors (Lipinski definition) is 4. The van der Waals surface area contributed by atoms with E-state index in [1.54, 1.807) is 12.4 Å². The van der Waals surface area contributed by atoms with Gasteiger partial charge >= 0.3 is 0 Å². The van der Waals surface area contributed by atoms with Gasteiger partial charge in [-0.1, -0.05) is 6.92 Å². The number of pyridine rings is 1. The fraction of sp³-hybridized carbons (Fsp3) is 0.538. The SMILES string of the molecule is CCNC1(C(N)=O)CCC(Sc2ccncc2)C1. The minimum Gasteiger partial charge on any atom is -0.368 e. The lowest BCUT2D eigenvalue weighted by Gasteiger charge is -2.26. The van der Waals surface area contributed by atoms with Gasteiger partial charge in [-0.25, -0.2) is 0 Å². The lowest BCUT2D eigenvalue weighted by atomic mass is 9.97. The van der Waals surface area contributed by atoms with Crippen molar-refractivity contribution in [2.24, 2.45) is 5.73 Å². The minimum atomic E-state index is -0.501. The van der Waals surface area contributed by atoms with Gasteiger partial charge in [0.15, 0.2) is 0 Å². The van der Waals surface area contributed by atoms with Crippen molar-refractivity contribution in [1.82, 2.24) is 10.3 Å². The molecule has 0 aliphatic heterocycles. The Kier molecular flexibility index (Phi) is 4.24. The number of amides is 1. The summed E-state index contributed by atoms with van der Waals surface area (Å²) in [6.07, 6.45) is 6.25. The monoisotopic (exact) mass is 265 g/mol. The summed E-state index contributed by atoms with van der Waals surface area (Å²) < 4.78 is 0. The van der Waals surface area contributed by atoms with Gasteiger partial charge in [-0.2, -0.15) is 0 Å². The number of hydrogen-bond donors (Lipinski definition) is 2. The molecule has 2 rings (SSSR count). The Hall–Kier alpha value is -1.07. The van der Waals surface area contributed by atoms with E-state index < -0.39 is 5.54 Å². The van der Waals surface area contributed by atoms with Gasteiger partial charge in [0, 0.05) is 22.5 Å². The van der Waals surface area contributed by atoms with Crippen molar-refractivity contribution in [2.75, 3.05) is 6.54 Å². The third kappa shape index (κ3) is 2.84. The maximum atomic E-state index is 11.7. The van der Waals surface area contributed by atoms with Crippen molar-refractivity contribution in [3.8, 4) is 0 Å². The summed E-state index contributed by atoms with van der Waals surface area (Å²) >= 11 is 1.81. The second-order valence-corrected chi connectivity index (χ2v) is 6.02. The molecule has 1 aromatic rings. The van der Waals surface area contributed by atoms with E-state index in [1.165, 1.54) is 4.90 Å². The van der Waals surface area contributed by atoms with E-state index in [4.69, 9.17) is 5.73 Å². The van der Waals surface area contributed by atoms with Crippen LogP contribution in [0.15, 0.2) is 29.4 Å². The zero-order valence-electron chi connectivity index (χ0n) is 10.6. The van der Waals surface area contributed by atoms with Gasteiger partial charge in [-0.15, -0.1) is 11.8 Å². The average Bonchev–Trinajstić information content (AvgIpc) is 2.76. The third-order valence-corrected chi connectivity index (χ3v) is 4.69. The standard InChI is InChI=1S/C13H19N3OS/c1-2-16-13(12(14)17)6-3-11(9-13)18-10-4-7-15-8-5-10/h4-5,7-8,11,16H,2-3,6,9H2,1H3,(H2,14,17). The van der Waals surface area contributed by atoms with Crippen LogP contribution in [-0.4, -0.2) is 28.2 Å². The van der Waals surface area contributed by atoms with E-state index in [9.17, 15) is 4.79 Å². The van der Waals surface area contributed by atoms with Crippen molar-refractivity contribution in [3.63, 3.8) is 0 Å². The number of carbonyl (C=O) groups is 1. The summed E-state index contributed by atoms with van der Waals surface area (Å²) in [7, 11) is 0. The largest absolute Gasteiger partial charge is 0.368 e. The van der Waals surface area contributed by atoms with Crippen LogP contribution >= 0.6 is 11.8 Å². The van der Waals surface area contributed by atoms with Crippen LogP contribution in [0.25, 0.3) is 0 Å². The quantitative estimate of drug-likeness (QED) is 0.848. The first-order valence-electron chi connectivity index (χ1n) is 6.28. The molecule has 3 N–H and O–H groups in total. The second-order valence-electron chi connectivity index (χ2n) is 4.64. The van der Waals surface area contributed by atoms with Crippen LogP contribution in [0.2, 0.25) is 0 Å². The van der Waals surface area contributed by atoms with E-state index in [0.29, 0.717) is 5.25 Å². The normalized spacial score (nSPS) is 27.3. The lowest BCUT2D eigenvalue weighted by molar-refractivity contribution is -0.124. The number of nitrogens with one attached hydrogen (secondary N) is 1. The Morgan fingerprint density at radius 1 is 1.61 bits per heavy atom. The maximum absolute atomic E-state index is 11.7. The van der Waals surface area contributed by atoms with Gasteiger partial charge in [0.2, 0.25) is 5.91 Å². The van der Waals surface area contributed by atoms with Gasteiger partial charge in [0.05, 0.1) is 5.54 Å². The Bertz CT molecular complexity index is 412. The van der Waals surface area contributed by atoms with E-state index >= 15 is 0 Å². The highest BCUT2D eigenvalue weighted by Crippen LogP contribution is 2.39. The average molecular weight is 265 g/mol. The number of nitrogens with two attached hydrogens (primary N) is 1. The molecular formula is C13H19N3OS. The smallest absolute Gasteiger partial charge is 0.237 e. The summed E-state index contributed by atoms with van der Waals surface area (Å²) in [6, 6.07) is 4.00. The molecule has 0 saturated heterocycles. The van der Waals surface area contributed by atoms with Gasteiger partial charge in [0.1, 0.15) is 0 Å².